The maximum atomic E-state index is 12.4. The molecule has 0 unspecified atom stereocenters. The van der Waals surface area contributed by atoms with Crippen LogP contribution in [0.4, 0.5) is 0 Å². The van der Waals surface area contributed by atoms with Crippen LogP contribution in [0.5, 0.6) is 5.75 Å². The average Bonchev–Trinajstić information content (AvgIpc) is 2.61. The van der Waals surface area contributed by atoms with Crippen molar-refractivity contribution in [3.05, 3.63) is 64.2 Å². The van der Waals surface area contributed by atoms with E-state index in [2.05, 4.69) is 5.32 Å². The maximum Gasteiger partial charge on any atom is 0.261 e. The predicted octanol–water partition coefficient (Wildman–Crippen LogP) is 4.86. The van der Waals surface area contributed by atoms with E-state index in [9.17, 15) is 4.79 Å². The van der Waals surface area contributed by atoms with Crippen LogP contribution < -0.4 is 10.1 Å². The fourth-order valence-electron chi connectivity index (χ4n) is 2.63. The number of carbonyl (C=O) groups is 1. The molecule has 0 aliphatic heterocycles. The van der Waals surface area contributed by atoms with Crippen molar-refractivity contribution in [2.45, 2.75) is 46.1 Å². The number of carbonyl (C=O) groups excluding carboxylic acids is 1. The Balaban J connectivity index is 1.83. The normalized spacial score (nSPS) is 11.8. The number of rotatable bonds is 8. The molecule has 0 saturated carbocycles. The Morgan fingerprint density at radius 3 is 2.64 bits per heavy atom. The molecule has 0 heterocycles. The molecule has 0 radical (unpaired) electrons. The van der Waals surface area contributed by atoms with Gasteiger partial charge in [-0.3, -0.25) is 4.79 Å². The van der Waals surface area contributed by atoms with Crippen molar-refractivity contribution in [1.29, 1.82) is 0 Å². The lowest BCUT2D eigenvalue weighted by Gasteiger charge is -2.19. The zero-order chi connectivity index (χ0) is 18.2. The Kier molecular flexibility index (Phi) is 7.32. The first-order valence-corrected chi connectivity index (χ1v) is 9.14. The van der Waals surface area contributed by atoms with Crippen LogP contribution in [0.3, 0.4) is 0 Å². The summed E-state index contributed by atoms with van der Waals surface area (Å²) in [7, 11) is 0. The highest BCUT2D eigenvalue weighted by Crippen LogP contribution is 2.22. The first kappa shape index (κ1) is 19.3. The largest absolute Gasteiger partial charge is 0.480 e. The van der Waals surface area contributed by atoms with E-state index in [0.29, 0.717) is 13.0 Å². The second-order valence-corrected chi connectivity index (χ2v) is 6.61. The molecule has 1 atom stereocenters. The Morgan fingerprint density at radius 1 is 1.16 bits per heavy atom. The molecule has 0 bridgehead atoms. The van der Waals surface area contributed by atoms with Crippen LogP contribution in [-0.2, 0) is 11.2 Å². The van der Waals surface area contributed by atoms with Gasteiger partial charge in [0.15, 0.2) is 6.10 Å². The summed E-state index contributed by atoms with van der Waals surface area (Å²) in [5, 5.41) is 3.75. The molecule has 1 N–H and O–H groups in total. The highest BCUT2D eigenvalue weighted by molar-refractivity contribution is 6.31. The SMILES string of the molecule is CC[C@@H](Oc1cccc(C)c1C)C(=O)NCCCc1ccccc1Cl. The first-order chi connectivity index (χ1) is 12.0. The summed E-state index contributed by atoms with van der Waals surface area (Å²) < 4.78 is 5.94. The lowest BCUT2D eigenvalue weighted by atomic mass is 10.1. The Bertz CT molecular complexity index is 715. The van der Waals surface area contributed by atoms with Gasteiger partial charge in [0.05, 0.1) is 0 Å². The highest BCUT2D eigenvalue weighted by Gasteiger charge is 2.19. The molecule has 2 aromatic carbocycles. The van der Waals surface area contributed by atoms with Gasteiger partial charge in [-0.25, -0.2) is 0 Å². The Morgan fingerprint density at radius 2 is 1.92 bits per heavy atom. The minimum absolute atomic E-state index is 0.0671. The van der Waals surface area contributed by atoms with Crippen LogP contribution in [-0.4, -0.2) is 18.6 Å². The number of nitrogens with one attached hydrogen (secondary N) is 1. The van der Waals surface area contributed by atoms with Crippen molar-refractivity contribution in [2.24, 2.45) is 0 Å². The number of halogens is 1. The van der Waals surface area contributed by atoms with Gasteiger partial charge < -0.3 is 10.1 Å². The lowest BCUT2D eigenvalue weighted by Crippen LogP contribution is -2.38. The van der Waals surface area contributed by atoms with Crippen molar-refractivity contribution in [3.63, 3.8) is 0 Å². The van der Waals surface area contributed by atoms with Gasteiger partial charge in [0.25, 0.3) is 5.91 Å². The summed E-state index contributed by atoms with van der Waals surface area (Å²) in [5.74, 6) is 0.709. The second-order valence-electron chi connectivity index (χ2n) is 6.20. The standard InChI is InChI=1S/C21H26ClNO2/c1-4-19(25-20-13-7-9-15(2)16(20)3)21(24)23-14-8-11-17-10-5-6-12-18(17)22/h5-7,9-10,12-13,19H,4,8,11,14H2,1-3H3,(H,23,24)/t19-/m1/s1. The van der Waals surface area contributed by atoms with E-state index in [-0.39, 0.29) is 5.91 Å². The number of ether oxygens (including phenoxy) is 1. The van der Waals surface area contributed by atoms with Crippen molar-refractivity contribution in [2.75, 3.05) is 6.54 Å². The number of hydrogen-bond donors (Lipinski definition) is 1. The molecule has 4 heteroatoms. The molecular formula is C21H26ClNO2. The monoisotopic (exact) mass is 359 g/mol. The minimum Gasteiger partial charge on any atom is -0.480 e. The lowest BCUT2D eigenvalue weighted by molar-refractivity contribution is -0.128. The van der Waals surface area contributed by atoms with E-state index in [0.717, 1.165) is 40.3 Å². The zero-order valence-corrected chi connectivity index (χ0v) is 15.9. The maximum absolute atomic E-state index is 12.4. The van der Waals surface area contributed by atoms with E-state index in [1.54, 1.807) is 0 Å². The molecule has 0 saturated heterocycles. The van der Waals surface area contributed by atoms with E-state index < -0.39 is 6.10 Å². The average molecular weight is 360 g/mol. The number of hydrogen-bond acceptors (Lipinski definition) is 2. The van der Waals surface area contributed by atoms with E-state index in [1.165, 1.54) is 0 Å². The van der Waals surface area contributed by atoms with Crippen LogP contribution in [0.2, 0.25) is 5.02 Å². The third kappa shape index (κ3) is 5.50. The minimum atomic E-state index is -0.471. The van der Waals surface area contributed by atoms with Gasteiger partial charge >= 0.3 is 0 Å². The molecule has 0 aliphatic carbocycles. The van der Waals surface area contributed by atoms with Gasteiger partial charge in [-0.1, -0.05) is 48.9 Å². The summed E-state index contributed by atoms with van der Waals surface area (Å²) >= 11 is 6.15. The molecule has 2 rings (SSSR count). The van der Waals surface area contributed by atoms with Crippen LogP contribution in [0.1, 0.15) is 36.5 Å². The smallest absolute Gasteiger partial charge is 0.261 e. The van der Waals surface area contributed by atoms with Gasteiger partial charge in [-0.05, 0) is 61.9 Å². The molecule has 134 valence electrons. The Labute approximate surface area is 155 Å². The van der Waals surface area contributed by atoms with Crippen molar-refractivity contribution in [1.82, 2.24) is 5.32 Å². The first-order valence-electron chi connectivity index (χ1n) is 8.77. The highest BCUT2D eigenvalue weighted by atomic mass is 35.5. The number of benzene rings is 2. The quantitative estimate of drug-likeness (QED) is 0.683. The Hall–Kier alpha value is -2.00. The summed E-state index contributed by atoms with van der Waals surface area (Å²) in [6.07, 6.45) is 1.84. The van der Waals surface area contributed by atoms with Gasteiger partial charge in [-0.15, -0.1) is 0 Å². The summed E-state index contributed by atoms with van der Waals surface area (Å²) in [6.45, 7) is 6.62. The van der Waals surface area contributed by atoms with Crippen LogP contribution in [0.15, 0.2) is 42.5 Å². The van der Waals surface area contributed by atoms with Gasteiger partial charge in [0, 0.05) is 11.6 Å². The molecule has 2 aromatic rings. The predicted molar refractivity (Wildman–Crippen MR) is 103 cm³/mol. The van der Waals surface area contributed by atoms with E-state index in [4.69, 9.17) is 16.3 Å². The van der Waals surface area contributed by atoms with Gasteiger partial charge in [-0.2, -0.15) is 0 Å². The number of amides is 1. The van der Waals surface area contributed by atoms with Crippen LogP contribution in [0, 0.1) is 13.8 Å². The summed E-state index contributed by atoms with van der Waals surface area (Å²) in [5.41, 5.74) is 3.34. The summed E-state index contributed by atoms with van der Waals surface area (Å²) in [6, 6.07) is 13.7. The van der Waals surface area contributed by atoms with E-state index in [1.807, 2.05) is 63.2 Å². The van der Waals surface area contributed by atoms with E-state index >= 15 is 0 Å². The summed E-state index contributed by atoms with van der Waals surface area (Å²) in [4.78, 5) is 12.4. The fourth-order valence-corrected chi connectivity index (χ4v) is 2.86. The molecule has 25 heavy (non-hydrogen) atoms. The third-order valence-electron chi connectivity index (χ3n) is 4.37. The van der Waals surface area contributed by atoms with Gasteiger partial charge in [0.2, 0.25) is 0 Å². The van der Waals surface area contributed by atoms with Gasteiger partial charge in [0.1, 0.15) is 5.75 Å². The molecule has 0 aromatic heterocycles. The third-order valence-corrected chi connectivity index (χ3v) is 4.74. The van der Waals surface area contributed by atoms with Crippen LogP contribution >= 0.6 is 11.6 Å². The van der Waals surface area contributed by atoms with Crippen LogP contribution in [0.25, 0.3) is 0 Å². The molecule has 0 aliphatic rings. The van der Waals surface area contributed by atoms with Crippen molar-refractivity contribution < 1.29 is 9.53 Å². The molecule has 3 nitrogen and oxygen atoms in total. The molecule has 0 spiro atoms. The zero-order valence-electron chi connectivity index (χ0n) is 15.1. The molecule has 1 amide bonds. The molecular weight excluding hydrogens is 334 g/mol. The second kappa shape index (κ2) is 9.47. The fraction of sp³-hybridized carbons (Fsp3) is 0.381. The molecule has 0 fully saturated rings. The van der Waals surface area contributed by atoms with Crippen molar-refractivity contribution >= 4 is 17.5 Å². The number of aryl methyl sites for hydroxylation is 2. The topological polar surface area (TPSA) is 38.3 Å². The van der Waals surface area contributed by atoms with Crippen molar-refractivity contribution in [3.8, 4) is 5.75 Å².